The van der Waals surface area contributed by atoms with Crippen molar-refractivity contribution in [1.29, 1.82) is 0 Å². The summed E-state index contributed by atoms with van der Waals surface area (Å²) in [5.74, 6) is 6.05. The summed E-state index contributed by atoms with van der Waals surface area (Å²) in [7, 11) is 0. The first-order chi connectivity index (χ1) is 24.8. The van der Waals surface area contributed by atoms with Gasteiger partial charge in [-0.25, -0.2) is 0 Å². The van der Waals surface area contributed by atoms with Gasteiger partial charge in [0.1, 0.15) is 0 Å². The van der Waals surface area contributed by atoms with Crippen LogP contribution in [0.5, 0.6) is 0 Å². The molecule has 0 amide bonds. The molecule has 52 heavy (non-hydrogen) atoms. The minimum atomic E-state index is 0.653. The first-order valence-corrected chi connectivity index (χ1v) is 20.7. The Balaban J connectivity index is 0.000000326. The number of rotatable bonds is 10. The summed E-state index contributed by atoms with van der Waals surface area (Å²) in [6.45, 7) is 26.6. The summed E-state index contributed by atoms with van der Waals surface area (Å²) < 4.78 is 0. The molecule has 0 N–H and O–H groups in total. The standard InChI is InChI=1S/C11H16S.C11H16.2C10H14.C9H12/c1-10(2)8-12-9-11-6-4-3-5-7-11;1-9(2)8-11-6-4-10(3)5-7-11;1-8(2)10-6-4-9(3)5-7-10;1-9(2)8-10-6-4-3-5-7-10;1-8(2)9-6-4-3-5-7-9/h3-7,10H,8-9H2,1-2H3;4-7,9H,8H2,1-3H3;4-8H,1-3H3;3-7,9H,8H2,1-2H3;3-8H,1-2H3. The van der Waals surface area contributed by atoms with Crippen molar-refractivity contribution in [2.24, 2.45) is 17.8 Å². The van der Waals surface area contributed by atoms with Crippen molar-refractivity contribution >= 4 is 11.8 Å². The highest BCUT2D eigenvalue weighted by molar-refractivity contribution is 7.98. The van der Waals surface area contributed by atoms with Crippen LogP contribution in [0.15, 0.2) is 140 Å². The van der Waals surface area contributed by atoms with Crippen molar-refractivity contribution < 1.29 is 0 Å². The molecule has 5 aromatic rings. The summed E-state index contributed by atoms with van der Waals surface area (Å²) in [6, 6.07) is 49.3. The van der Waals surface area contributed by atoms with E-state index in [0.29, 0.717) is 11.8 Å². The lowest BCUT2D eigenvalue weighted by atomic mass is 10.0. The molecule has 1 heteroatoms. The molecular formula is C51H72S. The van der Waals surface area contributed by atoms with Gasteiger partial charge < -0.3 is 0 Å². The Kier molecular flexibility index (Phi) is 25.0. The van der Waals surface area contributed by atoms with E-state index in [4.69, 9.17) is 0 Å². The first-order valence-electron chi connectivity index (χ1n) is 19.6. The zero-order chi connectivity index (χ0) is 38.7. The third-order valence-corrected chi connectivity index (χ3v) is 9.46. The van der Waals surface area contributed by atoms with E-state index >= 15 is 0 Å². The number of hydrogen-bond acceptors (Lipinski definition) is 1. The third-order valence-electron chi connectivity index (χ3n) is 8.02. The van der Waals surface area contributed by atoms with E-state index in [9.17, 15) is 0 Å². The zero-order valence-corrected chi connectivity index (χ0v) is 35.7. The normalized spacial score (nSPS) is 10.4. The average molecular weight is 717 g/mol. The van der Waals surface area contributed by atoms with Gasteiger partial charge >= 0.3 is 0 Å². The molecule has 0 atom stereocenters. The summed E-state index contributed by atoms with van der Waals surface area (Å²) in [4.78, 5) is 0. The van der Waals surface area contributed by atoms with E-state index < -0.39 is 0 Å². The second-order valence-corrected chi connectivity index (χ2v) is 16.7. The quantitative estimate of drug-likeness (QED) is 0.139. The van der Waals surface area contributed by atoms with Gasteiger partial charge in [-0.1, -0.05) is 220 Å². The van der Waals surface area contributed by atoms with Gasteiger partial charge in [0.25, 0.3) is 0 Å². The highest BCUT2D eigenvalue weighted by Crippen LogP contribution is 2.16. The summed E-state index contributed by atoms with van der Waals surface area (Å²) >= 11 is 2.01. The molecule has 0 radical (unpaired) electrons. The van der Waals surface area contributed by atoms with Crippen molar-refractivity contribution in [1.82, 2.24) is 0 Å². The van der Waals surface area contributed by atoms with Crippen LogP contribution in [0, 0.1) is 31.6 Å². The molecule has 0 saturated carbocycles. The van der Waals surface area contributed by atoms with Crippen LogP contribution in [0.2, 0.25) is 0 Å². The number of aryl methyl sites for hydroxylation is 2. The molecule has 0 aromatic heterocycles. The van der Waals surface area contributed by atoms with Gasteiger partial charge in [-0.05, 0) is 89.8 Å². The Labute approximate surface area is 325 Å². The molecule has 5 rings (SSSR count). The molecule has 0 bridgehead atoms. The van der Waals surface area contributed by atoms with Crippen LogP contribution in [0.3, 0.4) is 0 Å². The van der Waals surface area contributed by atoms with Crippen LogP contribution in [-0.4, -0.2) is 5.75 Å². The molecule has 0 saturated heterocycles. The fourth-order valence-electron chi connectivity index (χ4n) is 5.06. The SMILES string of the molecule is CC(C)CSCc1ccccc1.CC(C)Cc1ccccc1.CC(C)c1ccccc1.Cc1ccc(C(C)C)cc1.Cc1ccc(CC(C)C)cc1. The summed E-state index contributed by atoms with van der Waals surface area (Å²) in [6.07, 6.45) is 2.39. The monoisotopic (exact) mass is 717 g/mol. The zero-order valence-electron chi connectivity index (χ0n) is 34.9. The fourth-order valence-corrected chi connectivity index (χ4v) is 6.07. The van der Waals surface area contributed by atoms with Crippen molar-refractivity contribution in [3.05, 3.63) is 178 Å². The molecule has 0 aliphatic heterocycles. The average Bonchev–Trinajstić information content (AvgIpc) is 3.11. The highest BCUT2D eigenvalue weighted by atomic mass is 32.2. The van der Waals surface area contributed by atoms with Crippen LogP contribution in [0.1, 0.15) is 120 Å². The largest absolute Gasteiger partial charge is 0.157 e. The molecule has 0 spiro atoms. The maximum Gasteiger partial charge on any atom is 0.0184 e. The Bertz CT molecular complexity index is 1500. The predicted octanol–water partition coefficient (Wildman–Crippen LogP) is 15.6. The summed E-state index contributed by atoms with van der Waals surface area (Å²) in [5, 5.41) is 0. The molecule has 0 unspecified atom stereocenters. The lowest BCUT2D eigenvalue weighted by Gasteiger charge is -2.04. The molecule has 0 nitrogen and oxygen atoms in total. The van der Waals surface area contributed by atoms with Crippen LogP contribution in [0.4, 0.5) is 0 Å². The van der Waals surface area contributed by atoms with E-state index in [0.717, 1.165) is 23.5 Å². The Morgan fingerprint density at radius 2 is 0.712 bits per heavy atom. The van der Waals surface area contributed by atoms with Gasteiger partial charge in [-0.2, -0.15) is 11.8 Å². The van der Waals surface area contributed by atoms with Gasteiger partial charge in [0.2, 0.25) is 0 Å². The molecule has 0 aliphatic carbocycles. The van der Waals surface area contributed by atoms with E-state index in [2.05, 4.69) is 217 Å². The van der Waals surface area contributed by atoms with Gasteiger partial charge in [0, 0.05) is 5.75 Å². The first kappa shape index (κ1) is 46.5. The van der Waals surface area contributed by atoms with Gasteiger partial charge in [-0.15, -0.1) is 0 Å². The van der Waals surface area contributed by atoms with Crippen LogP contribution in [-0.2, 0) is 18.6 Å². The maximum atomic E-state index is 2.26. The smallest absolute Gasteiger partial charge is 0.0184 e. The third kappa shape index (κ3) is 24.6. The van der Waals surface area contributed by atoms with E-state index in [1.807, 2.05) is 17.8 Å². The number of thioether (sulfide) groups is 1. The van der Waals surface area contributed by atoms with E-state index in [1.54, 1.807) is 0 Å². The van der Waals surface area contributed by atoms with Crippen molar-refractivity contribution in [2.45, 2.75) is 114 Å². The molecule has 0 aliphatic rings. The minimum absolute atomic E-state index is 0.653. The Hall–Kier alpha value is -3.55. The molecule has 0 heterocycles. The van der Waals surface area contributed by atoms with Crippen molar-refractivity contribution in [3.8, 4) is 0 Å². The second kappa shape index (κ2) is 28.0. The van der Waals surface area contributed by atoms with E-state index in [-0.39, 0.29) is 0 Å². The predicted molar refractivity (Wildman–Crippen MR) is 238 cm³/mol. The molecule has 0 fully saturated rings. The fraction of sp³-hybridized carbons (Fsp3) is 0.412. The lowest BCUT2D eigenvalue weighted by Crippen LogP contribution is -1.93. The van der Waals surface area contributed by atoms with Gasteiger partial charge in [0.05, 0.1) is 0 Å². The van der Waals surface area contributed by atoms with Gasteiger partial charge in [0.15, 0.2) is 0 Å². The second-order valence-electron chi connectivity index (χ2n) is 15.7. The van der Waals surface area contributed by atoms with Crippen LogP contribution >= 0.6 is 11.8 Å². The lowest BCUT2D eigenvalue weighted by molar-refractivity contribution is 0.647. The Morgan fingerprint density at radius 3 is 1.08 bits per heavy atom. The van der Waals surface area contributed by atoms with Crippen molar-refractivity contribution in [2.75, 3.05) is 5.75 Å². The van der Waals surface area contributed by atoms with Crippen LogP contribution in [0.25, 0.3) is 0 Å². The Morgan fingerprint density at radius 1 is 0.365 bits per heavy atom. The van der Waals surface area contributed by atoms with Gasteiger partial charge in [-0.3, -0.25) is 0 Å². The van der Waals surface area contributed by atoms with Crippen LogP contribution < -0.4 is 0 Å². The molecular weight excluding hydrogens is 645 g/mol. The molecule has 282 valence electrons. The molecule has 5 aromatic carbocycles. The maximum absolute atomic E-state index is 2.26. The number of hydrogen-bond donors (Lipinski definition) is 0. The minimum Gasteiger partial charge on any atom is -0.157 e. The summed E-state index contributed by atoms with van der Waals surface area (Å²) in [5.41, 5.74) is 9.84. The highest BCUT2D eigenvalue weighted by Gasteiger charge is 1.98. The topological polar surface area (TPSA) is 0 Å². The van der Waals surface area contributed by atoms with E-state index in [1.165, 1.54) is 57.5 Å². The number of benzene rings is 5. The van der Waals surface area contributed by atoms with Crippen molar-refractivity contribution in [3.63, 3.8) is 0 Å².